The van der Waals surface area contributed by atoms with Gasteiger partial charge in [-0.3, -0.25) is 0 Å². The summed E-state index contributed by atoms with van der Waals surface area (Å²) in [6.07, 6.45) is 1.82. The van der Waals surface area contributed by atoms with Crippen LogP contribution in [0, 0.1) is 13.8 Å². The van der Waals surface area contributed by atoms with Crippen LogP contribution in [0.1, 0.15) is 16.7 Å². The van der Waals surface area contributed by atoms with Gasteiger partial charge < -0.3 is 0 Å². The SMILES string of the molecule is Cc1cc(C)cc(-n2ncc(-c3nnn(C)n3)c2SCc2ccccc2)c1. The lowest BCUT2D eigenvalue weighted by molar-refractivity contribution is 0.630. The van der Waals surface area contributed by atoms with Crippen molar-refractivity contribution in [2.24, 2.45) is 7.05 Å². The quantitative estimate of drug-likeness (QED) is 0.493. The van der Waals surface area contributed by atoms with Crippen LogP contribution >= 0.6 is 11.8 Å². The average Bonchev–Trinajstić information content (AvgIpc) is 3.26. The average molecular weight is 376 g/mol. The van der Waals surface area contributed by atoms with Crippen LogP contribution in [0.3, 0.4) is 0 Å². The van der Waals surface area contributed by atoms with Crippen molar-refractivity contribution in [3.05, 3.63) is 71.4 Å². The van der Waals surface area contributed by atoms with Crippen LogP contribution in [0.2, 0.25) is 0 Å². The molecule has 27 heavy (non-hydrogen) atoms. The number of nitrogens with zero attached hydrogens (tertiary/aromatic N) is 6. The van der Waals surface area contributed by atoms with E-state index >= 15 is 0 Å². The van der Waals surface area contributed by atoms with E-state index in [1.807, 2.05) is 16.9 Å². The molecule has 0 saturated heterocycles. The first-order valence-electron chi connectivity index (χ1n) is 8.68. The molecule has 4 rings (SSSR count). The summed E-state index contributed by atoms with van der Waals surface area (Å²) >= 11 is 1.73. The third-order valence-corrected chi connectivity index (χ3v) is 5.29. The Bertz CT molecular complexity index is 1050. The van der Waals surface area contributed by atoms with Gasteiger partial charge in [-0.15, -0.1) is 22.0 Å². The highest BCUT2D eigenvalue weighted by molar-refractivity contribution is 7.98. The second kappa shape index (κ2) is 7.36. The van der Waals surface area contributed by atoms with Crippen LogP contribution in [0.4, 0.5) is 0 Å². The molecular formula is C20H20N6S. The monoisotopic (exact) mass is 376 g/mol. The highest BCUT2D eigenvalue weighted by Gasteiger charge is 2.18. The van der Waals surface area contributed by atoms with Gasteiger partial charge in [-0.25, -0.2) is 4.68 Å². The fraction of sp³-hybridized carbons (Fsp3) is 0.200. The van der Waals surface area contributed by atoms with E-state index in [0.29, 0.717) is 5.82 Å². The number of aromatic nitrogens is 6. The molecular weight excluding hydrogens is 356 g/mol. The van der Waals surface area contributed by atoms with E-state index < -0.39 is 0 Å². The second-order valence-electron chi connectivity index (χ2n) is 6.50. The predicted octanol–water partition coefficient (Wildman–Crippen LogP) is 3.97. The molecule has 2 aromatic carbocycles. The zero-order valence-corrected chi connectivity index (χ0v) is 16.3. The molecule has 0 saturated carbocycles. The summed E-state index contributed by atoms with van der Waals surface area (Å²) in [6.45, 7) is 4.20. The van der Waals surface area contributed by atoms with Crippen molar-refractivity contribution < 1.29 is 0 Å². The molecule has 0 atom stereocenters. The predicted molar refractivity (Wildman–Crippen MR) is 107 cm³/mol. The van der Waals surface area contributed by atoms with Crippen molar-refractivity contribution in [1.82, 2.24) is 30.0 Å². The van der Waals surface area contributed by atoms with Crippen LogP contribution in [0.25, 0.3) is 17.1 Å². The molecule has 0 radical (unpaired) electrons. The Hall–Kier alpha value is -2.93. The van der Waals surface area contributed by atoms with Crippen molar-refractivity contribution in [3.63, 3.8) is 0 Å². The third kappa shape index (κ3) is 3.78. The lowest BCUT2D eigenvalue weighted by Crippen LogP contribution is -2.00. The number of benzene rings is 2. The van der Waals surface area contributed by atoms with E-state index in [-0.39, 0.29) is 0 Å². The lowest BCUT2D eigenvalue weighted by atomic mass is 10.1. The number of hydrogen-bond donors (Lipinski definition) is 0. The van der Waals surface area contributed by atoms with Crippen molar-refractivity contribution in [2.45, 2.75) is 24.6 Å². The maximum absolute atomic E-state index is 4.65. The van der Waals surface area contributed by atoms with E-state index in [1.165, 1.54) is 21.5 Å². The fourth-order valence-corrected chi connectivity index (χ4v) is 4.07. The van der Waals surface area contributed by atoms with Crippen LogP contribution < -0.4 is 0 Å². The van der Waals surface area contributed by atoms with E-state index in [2.05, 4.69) is 76.8 Å². The standard InChI is InChI=1S/C20H20N6S/c1-14-9-15(2)11-17(10-14)26-20(27-13-16-7-5-4-6-8-16)18(12-21-26)19-22-24-25(3)23-19/h4-12H,13H2,1-3H3. The summed E-state index contributed by atoms with van der Waals surface area (Å²) in [4.78, 5) is 1.47. The molecule has 0 unspecified atom stereocenters. The van der Waals surface area contributed by atoms with Crippen LogP contribution in [0.5, 0.6) is 0 Å². The first-order chi connectivity index (χ1) is 13.1. The van der Waals surface area contributed by atoms with Crippen LogP contribution in [0.15, 0.2) is 59.8 Å². The molecule has 2 aromatic heterocycles. The van der Waals surface area contributed by atoms with Gasteiger partial charge in [0.2, 0.25) is 5.82 Å². The zero-order valence-electron chi connectivity index (χ0n) is 15.5. The Labute approximate surface area is 162 Å². The van der Waals surface area contributed by atoms with E-state index in [1.54, 1.807) is 18.8 Å². The van der Waals surface area contributed by atoms with Gasteiger partial charge >= 0.3 is 0 Å². The Morgan fingerprint density at radius 1 is 1.00 bits per heavy atom. The summed E-state index contributed by atoms with van der Waals surface area (Å²) in [7, 11) is 1.77. The lowest BCUT2D eigenvalue weighted by Gasteiger charge is -2.10. The summed E-state index contributed by atoms with van der Waals surface area (Å²) in [5, 5.41) is 18.2. The van der Waals surface area contributed by atoms with Gasteiger partial charge in [-0.2, -0.15) is 9.90 Å². The number of thioether (sulfide) groups is 1. The van der Waals surface area contributed by atoms with Gasteiger partial charge in [0, 0.05) is 5.75 Å². The number of tetrazole rings is 1. The number of rotatable bonds is 5. The second-order valence-corrected chi connectivity index (χ2v) is 7.46. The highest BCUT2D eigenvalue weighted by Crippen LogP contribution is 2.33. The highest BCUT2D eigenvalue weighted by atomic mass is 32.2. The molecule has 2 heterocycles. The molecule has 136 valence electrons. The molecule has 6 nitrogen and oxygen atoms in total. The molecule has 0 aliphatic heterocycles. The van der Waals surface area contributed by atoms with Gasteiger partial charge in [-0.1, -0.05) is 36.4 Å². The maximum atomic E-state index is 4.65. The topological polar surface area (TPSA) is 61.4 Å². The number of aryl methyl sites for hydroxylation is 3. The minimum atomic E-state index is 0.587. The molecule has 7 heteroatoms. The molecule has 0 N–H and O–H groups in total. The van der Waals surface area contributed by atoms with Gasteiger partial charge in [0.25, 0.3) is 0 Å². The Balaban J connectivity index is 1.77. The molecule has 0 amide bonds. The first-order valence-corrected chi connectivity index (χ1v) is 9.66. The molecule has 0 aliphatic carbocycles. The maximum Gasteiger partial charge on any atom is 0.209 e. The van der Waals surface area contributed by atoms with E-state index in [9.17, 15) is 0 Å². The first kappa shape index (κ1) is 17.5. The Morgan fingerprint density at radius 2 is 1.74 bits per heavy atom. The van der Waals surface area contributed by atoms with Crippen LogP contribution in [-0.2, 0) is 12.8 Å². The molecule has 0 fully saturated rings. The minimum Gasteiger partial charge on any atom is -0.226 e. The van der Waals surface area contributed by atoms with Crippen molar-refractivity contribution in [1.29, 1.82) is 0 Å². The summed E-state index contributed by atoms with van der Waals surface area (Å²) in [5.41, 5.74) is 5.60. The number of hydrogen-bond acceptors (Lipinski definition) is 5. The largest absolute Gasteiger partial charge is 0.226 e. The summed E-state index contributed by atoms with van der Waals surface area (Å²) in [6, 6.07) is 16.8. The normalized spacial score (nSPS) is 11.1. The van der Waals surface area contributed by atoms with Crippen molar-refractivity contribution >= 4 is 11.8 Å². The summed E-state index contributed by atoms with van der Waals surface area (Å²) in [5.74, 6) is 1.42. The van der Waals surface area contributed by atoms with Crippen molar-refractivity contribution in [3.8, 4) is 17.1 Å². The van der Waals surface area contributed by atoms with Crippen molar-refractivity contribution in [2.75, 3.05) is 0 Å². The van der Waals surface area contributed by atoms with E-state index in [4.69, 9.17) is 0 Å². The van der Waals surface area contributed by atoms with Gasteiger partial charge in [-0.05, 0) is 47.9 Å². The molecule has 0 bridgehead atoms. The molecule has 0 aliphatic rings. The smallest absolute Gasteiger partial charge is 0.209 e. The van der Waals surface area contributed by atoms with Crippen LogP contribution in [-0.4, -0.2) is 30.0 Å². The summed E-state index contributed by atoms with van der Waals surface area (Å²) < 4.78 is 1.97. The Kier molecular flexibility index (Phi) is 4.77. The van der Waals surface area contributed by atoms with Gasteiger partial charge in [0.05, 0.1) is 24.5 Å². The van der Waals surface area contributed by atoms with E-state index in [0.717, 1.165) is 22.0 Å². The minimum absolute atomic E-state index is 0.587. The third-order valence-electron chi connectivity index (χ3n) is 4.14. The Morgan fingerprint density at radius 3 is 2.41 bits per heavy atom. The zero-order chi connectivity index (χ0) is 18.8. The molecule has 0 spiro atoms. The fourth-order valence-electron chi connectivity index (χ4n) is 3.00. The van der Waals surface area contributed by atoms with Gasteiger partial charge in [0.15, 0.2) is 0 Å². The molecule has 4 aromatic rings. The van der Waals surface area contributed by atoms with Gasteiger partial charge in [0.1, 0.15) is 5.03 Å².